The second kappa shape index (κ2) is 5.42. The van der Waals surface area contributed by atoms with Gasteiger partial charge in [0.25, 0.3) is 0 Å². The van der Waals surface area contributed by atoms with Crippen LogP contribution in [0.15, 0.2) is 36.7 Å². The Bertz CT molecular complexity index is 801. The molecule has 1 aromatic carbocycles. The van der Waals surface area contributed by atoms with Crippen LogP contribution in [-0.4, -0.2) is 22.6 Å². The number of fused-ring (bicyclic) bond motifs is 2. The quantitative estimate of drug-likeness (QED) is 0.635. The van der Waals surface area contributed by atoms with Crippen LogP contribution in [0.1, 0.15) is 5.56 Å². The van der Waals surface area contributed by atoms with E-state index in [4.69, 9.17) is 0 Å². The summed E-state index contributed by atoms with van der Waals surface area (Å²) in [7, 11) is 0. The van der Waals surface area contributed by atoms with E-state index in [0.29, 0.717) is 6.04 Å². The van der Waals surface area contributed by atoms with E-state index in [9.17, 15) is 0 Å². The SMILES string of the molecule is Ic1cc2ncnc(NC3CNc4ccccc4C3)c2s1. The molecule has 1 aliphatic rings. The van der Waals surface area contributed by atoms with Crippen LogP contribution in [0.2, 0.25) is 0 Å². The summed E-state index contributed by atoms with van der Waals surface area (Å²) in [5.41, 5.74) is 3.62. The van der Waals surface area contributed by atoms with Crippen molar-refractivity contribution in [3.05, 3.63) is 45.1 Å². The number of nitrogens with zero attached hydrogens (tertiary/aromatic N) is 2. The molecule has 0 spiro atoms. The molecule has 0 fully saturated rings. The van der Waals surface area contributed by atoms with Crippen LogP contribution in [0.25, 0.3) is 10.2 Å². The average Bonchev–Trinajstić information content (AvgIpc) is 2.89. The lowest BCUT2D eigenvalue weighted by atomic mass is 10.00. The Kier molecular flexibility index (Phi) is 3.42. The van der Waals surface area contributed by atoms with Crippen molar-refractivity contribution in [2.75, 3.05) is 17.2 Å². The van der Waals surface area contributed by atoms with Gasteiger partial charge in [0.05, 0.1) is 13.1 Å². The Morgan fingerprint density at radius 3 is 3.14 bits per heavy atom. The maximum Gasteiger partial charge on any atom is 0.147 e. The molecule has 0 amide bonds. The van der Waals surface area contributed by atoms with E-state index in [0.717, 1.165) is 29.0 Å². The van der Waals surface area contributed by atoms with Crippen molar-refractivity contribution in [1.29, 1.82) is 0 Å². The number of thiophene rings is 1. The molecule has 0 bridgehead atoms. The van der Waals surface area contributed by atoms with Crippen molar-refractivity contribution in [3.8, 4) is 0 Å². The molecule has 4 nitrogen and oxygen atoms in total. The normalized spacial score (nSPS) is 17.3. The van der Waals surface area contributed by atoms with Crippen LogP contribution in [-0.2, 0) is 6.42 Å². The van der Waals surface area contributed by atoms with E-state index in [1.165, 1.54) is 14.1 Å². The summed E-state index contributed by atoms with van der Waals surface area (Å²) in [6.07, 6.45) is 2.65. The molecule has 1 atom stereocenters. The lowest BCUT2D eigenvalue weighted by Gasteiger charge is -2.27. The minimum absolute atomic E-state index is 0.345. The van der Waals surface area contributed by atoms with E-state index in [-0.39, 0.29) is 0 Å². The molecule has 21 heavy (non-hydrogen) atoms. The van der Waals surface area contributed by atoms with Crippen LogP contribution in [0.4, 0.5) is 11.5 Å². The van der Waals surface area contributed by atoms with Gasteiger partial charge in [0.1, 0.15) is 12.1 Å². The highest BCUT2D eigenvalue weighted by Crippen LogP contribution is 2.31. The van der Waals surface area contributed by atoms with Crippen LogP contribution in [0.3, 0.4) is 0 Å². The fourth-order valence-electron chi connectivity index (χ4n) is 2.67. The molecule has 1 aliphatic heterocycles. The first kappa shape index (κ1) is 13.3. The molecule has 0 radical (unpaired) electrons. The molecule has 2 N–H and O–H groups in total. The first-order valence-electron chi connectivity index (χ1n) is 6.78. The Morgan fingerprint density at radius 2 is 2.19 bits per heavy atom. The van der Waals surface area contributed by atoms with Crippen LogP contribution in [0, 0.1) is 2.88 Å². The minimum Gasteiger partial charge on any atom is -0.383 e. The van der Waals surface area contributed by atoms with Gasteiger partial charge >= 0.3 is 0 Å². The molecule has 4 rings (SSSR count). The minimum atomic E-state index is 0.345. The number of para-hydroxylation sites is 1. The van der Waals surface area contributed by atoms with E-state index in [1.807, 2.05) is 0 Å². The number of hydrogen-bond acceptors (Lipinski definition) is 5. The highest BCUT2D eigenvalue weighted by molar-refractivity contribution is 14.1. The Labute approximate surface area is 140 Å². The third-order valence-corrected chi connectivity index (χ3v) is 5.54. The van der Waals surface area contributed by atoms with Crippen LogP contribution >= 0.6 is 33.9 Å². The van der Waals surface area contributed by atoms with Gasteiger partial charge in [-0.15, -0.1) is 11.3 Å². The molecule has 106 valence electrons. The second-order valence-corrected chi connectivity index (χ2v) is 8.02. The van der Waals surface area contributed by atoms with Gasteiger partial charge in [-0.05, 0) is 46.7 Å². The van der Waals surface area contributed by atoms with Gasteiger partial charge in [-0.25, -0.2) is 9.97 Å². The number of nitrogens with one attached hydrogen (secondary N) is 2. The van der Waals surface area contributed by atoms with Gasteiger partial charge in [-0.1, -0.05) is 18.2 Å². The van der Waals surface area contributed by atoms with Crippen molar-refractivity contribution in [3.63, 3.8) is 0 Å². The molecular formula is C15H13IN4S. The zero-order chi connectivity index (χ0) is 14.2. The Morgan fingerprint density at radius 1 is 1.29 bits per heavy atom. The predicted octanol–water partition coefficient (Wildman–Crippen LogP) is 3.74. The summed E-state index contributed by atoms with van der Waals surface area (Å²) in [6, 6.07) is 10.9. The smallest absolute Gasteiger partial charge is 0.147 e. The molecule has 2 aromatic heterocycles. The summed E-state index contributed by atoms with van der Waals surface area (Å²) in [5, 5.41) is 7.05. The van der Waals surface area contributed by atoms with Crippen LogP contribution in [0.5, 0.6) is 0 Å². The lowest BCUT2D eigenvalue weighted by Crippen LogP contribution is -2.34. The van der Waals surface area contributed by atoms with Crippen molar-refractivity contribution < 1.29 is 0 Å². The fraction of sp³-hybridized carbons (Fsp3) is 0.200. The summed E-state index contributed by atoms with van der Waals surface area (Å²) >= 11 is 4.06. The van der Waals surface area contributed by atoms with Crippen LogP contribution < -0.4 is 10.6 Å². The Hall–Kier alpha value is -1.41. The summed E-state index contributed by atoms with van der Waals surface area (Å²) in [6.45, 7) is 0.908. The van der Waals surface area contributed by atoms with E-state index in [1.54, 1.807) is 17.7 Å². The zero-order valence-corrected chi connectivity index (χ0v) is 14.1. The molecule has 3 heterocycles. The van der Waals surface area contributed by atoms with Gasteiger partial charge in [-0.2, -0.15) is 0 Å². The molecule has 3 aromatic rings. The molecule has 6 heteroatoms. The lowest BCUT2D eigenvalue weighted by molar-refractivity contribution is 0.721. The summed E-state index contributed by atoms with van der Waals surface area (Å²) in [5.74, 6) is 0.944. The first-order valence-corrected chi connectivity index (χ1v) is 8.67. The maximum atomic E-state index is 4.43. The largest absolute Gasteiger partial charge is 0.383 e. The van der Waals surface area contributed by atoms with Crippen molar-refractivity contribution in [2.45, 2.75) is 12.5 Å². The van der Waals surface area contributed by atoms with Gasteiger partial charge in [0.15, 0.2) is 0 Å². The number of hydrogen-bond donors (Lipinski definition) is 2. The molecule has 1 unspecified atom stereocenters. The van der Waals surface area contributed by atoms with E-state index in [2.05, 4.69) is 73.5 Å². The number of halogens is 1. The first-order chi connectivity index (χ1) is 10.3. The van der Waals surface area contributed by atoms with Crippen molar-refractivity contribution >= 4 is 55.6 Å². The Balaban J connectivity index is 1.61. The second-order valence-electron chi connectivity index (χ2n) is 5.07. The van der Waals surface area contributed by atoms with Gasteiger partial charge in [-0.3, -0.25) is 0 Å². The highest BCUT2D eigenvalue weighted by Gasteiger charge is 2.19. The molecule has 0 saturated heterocycles. The van der Waals surface area contributed by atoms with Gasteiger partial charge < -0.3 is 10.6 Å². The summed E-state index contributed by atoms with van der Waals surface area (Å²) < 4.78 is 2.37. The number of benzene rings is 1. The topological polar surface area (TPSA) is 49.8 Å². The third kappa shape index (κ3) is 2.57. The third-order valence-electron chi connectivity index (χ3n) is 3.64. The van der Waals surface area contributed by atoms with Crippen molar-refractivity contribution in [1.82, 2.24) is 9.97 Å². The monoisotopic (exact) mass is 408 g/mol. The maximum absolute atomic E-state index is 4.43. The van der Waals surface area contributed by atoms with Gasteiger partial charge in [0, 0.05) is 18.3 Å². The summed E-state index contributed by atoms with van der Waals surface area (Å²) in [4.78, 5) is 8.76. The van der Waals surface area contributed by atoms with Gasteiger partial charge in [0.2, 0.25) is 0 Å². The average molecular weight is 408 g/mol. The number of rotatable bonds is 2. The molecular weight excluding hydrogens is 395 g/mol. The van der Waals surface area contributed by atoms with E-state index >= 15 is 0 Å². The number of aromatic nitrogens is 2. The van der Waals surface area contributed by atoms with Crippen molar-refractivity contribution in [2.24, 2.45) is 0 Å². The fourth-order valence-corrected chi connectivity index (χ4v) is 4.41. The highest BCUT2D eigenvalue weighted by atomic mass is 127. The molecule has 0 saturated carbocycles. The standard InChI is InChI=1S/C15H13IN4S/c16-13-6-12-14(21-13)15(19-8-18-12)20-10-5-9-3-1-2-4-11(9)17-7-10/h1-4,6,8,10,17H,5,7H2,(H,18,19,20). The number of anilines is 2. The van der Waals surface area contributed by atoms with E-state index < -0.39 is 0 Å². The molecule has 0 aliphatic carbocycles. The predicted molar refractivity (Wildman–Crippen MR) is 96.2 cm³/mol. The zero-order valence-electron chi connectivity index (χ0n) is 11.1.